The first-order valence-electron chi connectivity index (χ1n) is 6.03. The predicted molar refractivity (Wildman–Crippen MR) is 63.2 cm³/mol. The fourth-order valence-corrected chi connectivity index (χ4v) is 1.92. The Morgan fingerprint density at radius 2 is 2.22 bits per heavy atom. The summed E-state index contributed by atoms with van der Waals surface area (Å²) < 4.78 is 37.2. The van der Waals surface area contributed by atoms with Gasteiger partial charge in [-0.05, 0) is 25.1 Å². The molecular weight excluding hydrogens is 240 g/mol. The summed E-state index contributed by atoms with van der Waals surface area (Å²) >= 11 is 0. The summed E-state index contributed by atoms with van der Waals surface area (Å²) in [6.07, 6.45) is 0.114. The topological polar surface area (TPSA) is 30.5 Å². The minimum atomic E-state index is -0.459. The fraction of sp³-hybridized carbons (Fsp3) is 0.538. The summed E-state index contributed by atoms with van der Waals surface area (Å²) in [7, 11) is 0. The van der Waals surface area contributed by atoms with E-state index in [1.54, 1.807) is 0 Å². The molecule has 0 aromatic heterocycles. The molecule has 1 saturated heterocycles. The van der Waals surface area contributed by atoms with E-state index in [1.807, 2.05) is 6.92 Å². The Labute approximate surface area is 105 Å². The molecule has 0 bridgehead atoms. The smallest absolute Gasteiger partial charge is 0.128 e. The average molecular weight is 257 g/mol. The van der Waals surface area contributed by atoms with Gasteiger partial charge in [0.2, 0.25) is 0 Å². The molecule has 5 heteroatoms. The van der Waals surface area contributed by atoms with E-state index in [9.17, 15) is 8.78 Å². The van der Waals surface area contributed by atoms with E-state index >= 15 is 0 Å². The van der Waals surface area contributed by atoms with Gasteiger partial charge < -0.3 is 14.8 Å². The summed E-state index contributed by atoms with van der Waals surface area (Å²) in [4.78, 5) is 0. The van der Waals surface area contributed by atoms with Crippen LogP contribution >= 0.6 is 0 Å². The monoisotopic (exact) mass is 257 g/mol. The molecule has 2 atom stereocenters. The van der Waals surface area contributed by atoms with Crippen LogP contribution in [-0.4, -0.2) is 31.9 Å². The Bertz CT molecular complexity index is 401. The van der Waals surface area contributed by atoms with Crippen LogP contribution < -0.4 is 5.32 Å². The van der Waals surface area contributed by atoms with Gasteiger partial charge in [-0.1, -0.05) is 0 Å². The number of morpholine rings is 1. The number of nitrogens with one attached hydrogen (secondary N) is 1. The average Bonchev–Trinajstić information content (AvgIpc) is 2.34. The number of hydrogen-bond acceptors (Lipinski definition) is 3. The molecule has 0 radical (unpaired) electrons. The van der Waals surface area contributed by atoms with E-state index < -0.39 is 11.6 Å². The Hall–Kier alpha value is -1.04. The van der Waals surface area contributed by atoms with Crippen molar-refractivity contribution in [3.8, 4) is 0 Å². The van der Waals surface area contributed by atoms with E-state index in [0.29, 0.717) is 6.61 Å². The van der Waals surface area contributed by atoms with Gasteiger partial charge in [0, 0.05) is 18.7 Å². The van der Waals surface area contributed by atoms with Gasteiger partial charge in [0.15, 0.2) is 0 Å². The van der Waals surface area contributed by atoms with Crippen molar-refractivity contribution in [2.75, 3.05) is 19.7 Å². The number of rotatable bonds is 4. The molecule has 18 heavy (non-hydrogen) atoms. The summed E-state index contributed by atoms with van der Waals surface area (Å²) in [6, 6.07) is 3.35. The van der Waals surface area contributed by atoms with E-state index in [1.165, 1.54) is 0 Å². The van der Waals surface area contributed by atoms with Gasteiger partial charge in [-0.3, -0.25) is 0 Å². The molecule has 1 fully saturated rings. The van der Waals surface area contributed by atoms with E-state index in [0.717, 1.165) is 31.3 Å². The van der Waals surface area contributed by atoms with Crippen LogP contribution in [0.5, 0.6) is 0 Å². The third-order valence-electron chi connectivity index (χ3n) is 2.80. The van der Waals surface area contributed by atoms with Gasteiger partial charge in [-0.2, -0.15) is 0 Å². The van der Waals surface area contributed by atoms with Gasteiger partial charge in [0.05, 0.1) is 25.4 Å². The van der Waals surface area contributed by atoms with Gasteiger partial charge in [0.1, 0.15) is 11.6 Å². The molecule has 1 aliphatic rings. The van der Waals surface area contributed by atoms with E-state index in [-0.39, 0.29) is 24.4 Å². The maximum atomic E-state index is 13.3. The number of halogens is 2. The highest BCUT2D eigenvalue weighted by Crippen LogP contribution is 2.11. The lowest BCUT2D eigenvalue weighted by molar-refractivity contribution is -0.0719. The maximum absolute atomic E-state index is 13.3. The lowest BCUT2D eigenvalue weighted by atomic mass is 10.2. The standard InChI is InChI=1S/C13H17F2NO2/c1-9-5-16-6-12(18-9)8-17-7-10-4-11(14)2-3-13(10)15/h2-4,9,12,16H,5-8H2,1H3. The molecule has 1 aromatic carbocycles. The number of hydrogen-bond donors (Lipinski definition) is 1. The maximum Gasteiger partial charge on any atom is 0.128 e. The van der Waals surface area contributed by atoms with Crippen LogP contribution in [0.2, 0.25) is 0 Å². The molecule has 1 aromatic rings. The molecule has 2 unspecified atom stereocenters. The van der Waals surface area contributed by atoms with Gasteiger partial charge in [-0.25, -0.2) is 8.78 Å². The second kappa shape index (κ2) is 6.22. The molecule has 2 rings (SSSR count). The van der Waals surface area contributed by atoms with Crippen LogP contribution in [0, 0.1) is 11.6 Å². The molecule has 1 aliphatic heterocycles. The van der Waals surface area contributed by atoms with Crippen LogP contribution in [-0.2, 0) is 16.1 Å². The minimum absolute atomic E-state index is 0.0367. The first-order valence-corrected chi connectivity index (χ1v) is 6.03. The normalized spacial score (nSPS) is 24.2. The van der Waals surface area contributed by atoms with Crippen LogP contribution in [0.15, 0.2) is 18.2 Å². The highest BCUT2D eigenvalue weighted by atomic mass is 19.1. The molecule has 0 aliphatic carbocycles. The lowest BCUT2D eigenvalue weighted by Crippen LogP contribution is -2.45. The summed E-state index contributed by atoms with van der Waals surface area (Å²) in [5, 5.41) is 3.21. The Morgan fingerprint density at radius 3 is 3.00 bits per heavy atom. The van der Waals surface area contributed by atoms with Crippen LogP contribution in [0.1, 0.15) is 12.5 Å². The zero-order chi connectivity index (χ0) is 13.0. The molecule has 0 saturated carbocycles. The van der Waals surface area contributed by atoms with E-state index in [4.69, 9.17) is 9.47 Å². The quantitative estimate of drug-likeness (QED) is 0.893. The lowest BCUT2D eigenvalue weighted by Gasteiger charge is -2.28. The molecule has 3 nitrogen and oxygen atoms in total. The van der Waals surface area contributed by atoms with E-state index in [2.05, 4.69) is 5.32 Å². The Balaban J connectivity index is 1.79. The first-order chi connectivity index (χ1) is 8.65. The van der Waals surface area contributed by atoms with Crippen LogP contribution in [0.4, 0.5) is 8.78 Å². The Morgan fingerprint density at radius 1 is 1.39 bits per heavy atom. The highest BCUT2D eigenvalue weighted by Gasteiger charge is 2.18. The summed E-state index contributed by atoms with van der Waals surface area (Å²) in [5.41, 5.74) is 0.229. The third kappa shape index (κ3) is 3.73. The number of ether oxygens (including phenoxy) is 2. The van der Waals surface area contributed by atoms with Crippen LogP contribution in [0.3, 0.4) is 0 Å². The van der Waals surface area contributed by atoms with Gasteiger partial charge >= 0.3 is 0 Å². The third-order valence-corrected chi connectivity index (χ3v) is 2.80. The van der Waals surface area contributed by atoms with Gasteiger partial charge in [-0.15, -0.1) is 0 Å². The number of benzene rings is 1. The summed E-state index contributed by atoms with van der Waals surface area (Å²) in [6.45, 7) is 3.95. The summed E-state index contributed by atoms with van der Waals surface area (Å²) in [5.74, 6) is -0.910. The molecule has 0 amide bonds. The van der Waals surface area contributed by atoms with Gasteiger partial charge in [0.25, 0.3) is 0 Å². The van der Waals surface area contributed by atoms with Crippen molar-refractivity contribution in [1.82, 2.24) is 5.32 Å². The van der Waals surface area contributed by atoms with Crippen molar-refractivity contribution in [2.45, 2.75) is 25.7 Å². The fourth-order valence-electron chi connectivity index (χ4n) is 1.92. The zero-order valence-corrected chi connectivity index (χ0v) is 10.3. The van der Waals surface area contributed by atoms with Crippen molar-refractivity contribution < 1.29 is 18.3 Å². The molecule has 1 N–H and O–H groups in total. The largest absolute Gasteiger partial charge is 0.374 e. The minimum Gasteiger partial charge on any atom is -0.374 e. The molecule has 100 valence electrons. The Kier molecular flexibility index (Phi) is 4.63. The van der Waals surface area contributed by atoms with Crippen molar-refractivity contribution in [3.63, 3.8) is 0 Å². The molecule has 0 spiro atoms. The molecular formula is C13H17F2NO2. The SMILES string of the molecule is CC1CNCC(COCc2cc(F)ccc2F)O1. The second-order valence-corrected chi connectivity index (χ2v) is 4.48. The predicted octanol–water partition coefficient (Wildman–Crippen LogP) is 1.86. The van der Waals surface area contributed by atoms with Crippen molar-refractivity contribution in [3.05, 3.63) is 35.4 Å². The highest BCUT2D eigenvalue weighted by molar-refractivity contribution is 5.17. The second-order valence-electron chi connectivity index (χ2n) is 4.48. The molecule has 1 heterocycles. The van der Waals surface area contributed by atoms with Crippen molar-refractivity contribution in [1.29, 1.82) is 0 Å². The van der Waals surface area contributed by atoms with Crippen molar-refractivity contribution >= 4 is 0 Å². The zero-order valence-electron chi connectivity index (χ0n) is 10.3. The van der Waals surface area contributed by atoms with Crippen molar-refractivity contribution in [2.24, 2.45) is 0 Å². The first kappa shape index (κ1) is 13.4. The van der Waals surface area contributed by atoms with Crippen LogP contribution in [0.25, 0.3) is 0 Å².